The topological polar surface area (TPSA) is 163 Å². The molecule has 6 aromatic rings. The van der Waals surface area contributed by atoms with Gasteiger partial charge in [-0.1, -0.05) is 59.6 Å². The molecule has 0 unspecified atom stereocenters. The summed E-state index contributed by atoms with van der Waals surface area (Å²) in [6, 6.07) is 29.2. The molecule has 4 aromatic carbocycles. The van der Waals surface area contributed by atoms with Gasteiger partial charge < -0.3 is 45.1 Å². The monoisotopic (exact) mass is 848 g/mol. The predicted octanol–water partition coefficient (Wildman–Crippen LogP) is 7.84. The summed E-state index contributed by atoms with van der Waals surface area (Å²) < 4.78 is 25.0. The summed E-state index contributed by atoms with van der Waals surface area (Å²) in [7, 11) is 1.84. The van der Waals surface area contributed by atoms with Crippen LogP contribution in [0.15, 0.2) is 110 Å². The van der Waals surface area contributed by atoms with Crippen LogP contribution < -0.4 is 34.9 Å². The summed E-state index contributed by atoms with van der Waals surface area (Å²) in [6.45, 7) is 2.71. The quantitative estimate of drug-likeness (QED) is 0.0422. The van der Waals surface area contributed by atoms with Crippen molar-refractivity contribution in [3.05, 3.63) is 159 Å². The molecule has 2 heterocycles. The lowest BCUT2D eigenvalue weighted by Gasteiger charge is -2.17. The second kappa shape index (κ2) is 22.5. The molecule has 0 atom stereocenters. The van der Waals surface area contributed by atoms with Crippen molar-refractivity contribution < 1.29 is 29.2 Å². The van der Waals surface area contributed by atoms with Crippen LogP contribution in [0, 0.1) is 11.3 Å². The molecule has 0 aliphatic rings. The molecule has 60 heavy (non-hydrogen) atoms. The summed E-state index contributed by atoms with van der Waals surface area (Å²) in [4.78, 5) is 8.40. The van der Waals surface area contributed by atoms with Crippen LogP contribution in [-0.4, -0.2) is 53.5 Å². The fourth-order valence-corrected chi connectivity index (χ4v) is 6.66. The smallest absolute Gasteiger partial charge is 0.142 e. The van der Waals surface area contributed by atoms with E-state index in [1.165, 1.54) is 6.20 Å². The van der Waals surface area contributed by atoms with Gasteiger partial charge in [-0.2, -0.15) is 5.26 Å². The number of aliphatic hydroxyl groups excluding tert-OH is 2. The maximum atomic E-state index is 9.29. The number of aliphatic hydroxyl groups is 2. The third-order valence-electron chi connectivity index (χ3n) is 9.21. The van der Waals surface area contributed by atoms with Crippen molar-refractivity contribution in [2.24, 2.45) is 0 Å². The Kier molecular flexibility index (Phi) is 16.3. The Morgan fingerprint density at radius 3 is 1.57 bits per heavy atom. The van der Waals surface area contributed by atoms with Crippen LogP contribution in [0.2, 0.25) is 10.0 Å². The molecule has 0 spiro atoms. The van der Waals surface area contributed by atoms with Crippen LogP contribution in [0.5, 0.6) is 23.0 Å². The number of hydrogen-bond acceptors (Lipinski definition) is 12. The van der Waals surface area contributed by atoms with Gasteiger partial charge in [0.1, 0.15) is 55.5 Å². The second-order valence-electron chi connectivity index (χ2n) is 13.7. The fourth-order valence-electron chi connectivity index (χ4n) is 6.18. The van der Waals surface area contributed by atoms with Gasteiger partial charge in [-0.25, -0.2) is 0 Å². The molecule has 2 aromatic heterocycles. The van der Waals surface area contributed by atoms with Crippen molar-refractivity contribution in [2.75, 3.05) is 38.7 Å². The van der Waals surface area contributed by atoms with E-state index >= 15 is 0 Å². The van der Waals surface area contributed by atoms with Crippen LogP contribution in [0.3, 0.4) is 0 Å². The first-order valence-corrected chi connectivity index (χ1v) is 20.0. The normalized spacial score (nSPS) is 10.9. The van der Waals surface area contributed by atoms with Gasteiger partial charge in [-0.3, -0.25) is 9.97 Å². The number of halogens is 2. The molecular weight excluding hydrogens is 803 g/mol. The largest absolute Gasteiger partial charge is 0.488 e. The SMILES string of the molecule is CNc1cncc(COc2cc(OCc3cccc(-c4cccc(COc5cc(OCc6cncc(C#N)c6)c(CNCCO)cc5Cl)c4)c3)c(Cl)cc2CNCCO)c1. The Bertz CT molecular complexity index is 2390. The fraction of sp³-hybridized carbons (Fsp3) is 0.239. The van der Waals surface area contributed by atoms with Crippen molar-refractivity contribution in [2.45, 2.75) is 39.5 Å². The molecule has 0 fully saturated rings. The van der Waals surface area contributed by atoms with E-state index in [1.807, 2.05) is 55.6 Å². The molecule has 6 rings (SSSR count). The molecular formula is C46H46Cl2N6O6. The van der Waals surface area contributed by atoms with Gasteiger partial charge in [-0.15, -0.1) is 0 Å². The minimum Gasteiger partial charge on any atom is -0.488 e. The third-order valence-corrected chi connectivity index (χ3v) is 9.80. The Labute approximate surface area is 359 Å². The van der Waals surface area contributed by atoms with Crippen molar-refractivity contribution >= 4 is 28.9 Å². The second-order valence-corrected chi connectivity index (χ2v) is 14.5. The first-order valence-electron chi connectivity index (χ1n) is 19.3. The van der Waals surface area contributed by atoms with Crippen molar-refractivity contribution in [1.29, 1.82) is 5.26 Å². The standard InChI is InChI=1S/C46H46Cl2N6O6/c1-50-40-15-35(23-54-26-40)30-58-44-19-46(42(48)17-39(44)25-52-9-11-56)60-28-32-5-3-7-37(14-32)36-6-2-4-31(13-36)27-59-45-18-43(38(16-41(45)47)24-51-8-10-55)57-29-34-12-33(20-49)21-53-22-34/h2-7,12-19,21-23,26,50-52,55-56H,8-11,24-25,27-30H2,1H3. The van der Waals surface area contributed by atoms with Gasteiger partial charge in [0.05, 0.1) is 34.5 Å². The molecule has 0 aliphatic heterocycles. The maximum Gasteiger partial charge on any atom is 0.142 e. The summed E-state index contributed by atoms with van der Waals surface area (Å²) in [5, 5.41) is 38.2. The minimum absolute atomic E-state index is 0.00630. The van der Waals surface area contributed by atoms with E-state index in [0.29, 0.717) is 71.4 Å². The van der Waals surface area contributed by atoms with E-state index in [-0.39, 0.29) is 33.0 Å². The minimum atomic E-state index is -0.00630. The van der Waals surface area contributed by atoms with Crippen LogP contribution in [0.1, 0.15) is 38.9 Å². The highest BCUT2D eigenvalue weighted by Crippen LogP contribution is 2.36. The van der Waals surface area contributed by atoms with Crippen LogP contribution in [0.4, 0.5) is 5.69 Å². The average molecular weight is 850 g/mol. The Morgan fingerprint density at radius 2 is 1.07 bits per heavy atom. The first-order chi connectivity index (χ1) is 29.3. The summed E-state index contributed by atoms with van der Waals surface area (Å²) in [5.41, 5.74) is 8.47. The highest BCUT2D eigenvalue weighted by molar-refractivity contribution is 6.32. The van der Waals surface area contributed by atoms with Gasteiger partial charge in [-0.05, 0) is 58.7 Å². The number of benzene rings is 4. The van der Waals surface area contributed by atoms with E-state index in [1.54, 1.807) is 42.9 Å². The molecule has 0 saturated heterocycles. The molecule has 0 bridgehead atoms. The molecule has 14 heteroatoms. The van der Waals surface area contributed by atoms with Gasteiger partial charge in [0.15, 0.2) is 0 Å². The van der Waals surface area contributed by atoms with Crippen molar-refractivity contribution in [1.82, 2.24) is 20.6 Å². The molecule has 0 amide bonds. The number of aromatic nitrogens is 2. The van der Waals surface area contributed by atoms with Gasteiger partial charge in [0.2, 0.25) is 0 Å². The zero-order valence-electron chi connectivity index (χ0n) is 33.1. The Hall–Kier alpha value is -5.91. The molecule has 12 nitrogen and oxygen atoms in total. The lowest BCUT2D eigenvalue weighted by molar-refractivity contribution is 0.282. The summed E-state index contributed by atoms with van der Waals surface area (Å²) >= 11 is 13.4. The highest BCUT2D eigenvalue weighted by Gasteiger charge is 2.15. The lowest BCUT2D eigenvalue weighted by Crippen LogP contribution is -2.18. The molecule has 0 saturated carbocycles. The van der Waals surface area contributed by atoms with Gasteiger partial charge in [0.25, 0.3) is 0 Å². The number of rotatable bonds is 22. The van der Waals surface area contributed by atoms with Crippen LogP contribution >= 0.6 is 23.2 Å². The molecule has 0 aliphatic carbocycles. The highest BCUT2D eigenvalue weighted by atomic mass is 35.5. The van der Waals surface area contributed by atoms with Crippen LogP contribution in [0.25, 0.3) is 11.1 Å². The third kappa shape index (κ3) is 12.5. The lowest BCUT2D eigenvalue weighted by atomic mass is 10.0. The summed E-state index contributed by atoms with van der Waals surface area (Å²) in [6.07, 6.45) is 6.66. The van der Waals surface area contributed by atoms with Gasteiger partial charge >= 0.3 is 0 Å². The van der Waals surface area contributed by atoms with Crippen LogP contribution in [-0.2, 0) is 39.5 Å². The van der Waals surface area contributed by atoms with E-state index < -0.39 is 0 Å². The Balaban J connectivity index is 1.13. The van der Waals surface area contributed by atoms with E-state index in [2.05, 4.69) is 44.1 Å². The first kappa shape index (κ1) is 43.7. The molecule has 5 N–H and O–H groups in total. The van der Waals surface area contributed by atoms with Crippen molar-refractivity contribution in [3.8, 4) is 40.2 Å². The van der Waals surface area contributed by atoms with E-state index in [0.717, 1.165) is 50.2 Å². The Morgan fingerprint density at radius 1 is 0.583 bits per heavy atom. The average Bonchev–Trinajstić information content (AvgIpc) is 3.28. The predicted molar refractivity (Wildman–Crippen MR) is 232 cm³/mol. The number of hydrogen-bond donors (Lipinski definition) is 5. The number of ether oxygens (including phenoxy) is 4. The van der Waals surface area contributed by atoms with E-state index in [4.69, 9.17) is 42.1 Å². The number of pyridine rings is 2. The number of anilines is 1. The number of nitrogens with zero attached hydrogens (tertiary/aromatic N) is 3. The maximum absolute atomic E-state index is 9.29. The van der Waals surface area contributed by atoms with E-state index in [9.17, 15) is 15.5 Å². The zero-order valence-corrected chi connectivity index (χ0v) is 34.6. The molecule has 0 radical (unpaired) electrons. The van der Waals surface area contributed by atoms with Crippen molar-refractivity contribution in [3.63, 3.8) is 0 Å². The molecule has 310 valence electrons. The zero-order chi connectivity index (χ0) is 42.1. The number of nitrogens with one attached hydrogen (secondary N) is 3. The van der Waals surface area contributed by atoms with Gasteiger partial charge in [0, 0.05) is 92.4 Å². The number of nitriles is 1. The summed E-state index contributed by atoms with van der Waals surface area (Å²) in [5.74, 6) is 2.10.